The standard InChI is InChI=1S/C23H32N2O4S2/c1-14-7-16(3)22(17(4)8-14)30(26,27)24-12-20-11-21(20)13-25-31(28,29)23-18(5)9-15(2)10-19(23)6/h7-10,20-21,24-25H,11-13H2,1-6H3. The van der Waals surface area contributed by atoms with Gasteiger partial charge < -0.3 is 0 Å². The van der Waals surface area contributed by atoms with Crippen molar-refractivity contribution in [3.8, 4) is 0 Å². The van der Waals surface area contributed by atoms with E-state index in [1.165, 1.54) is 0 Å². The van der Waals surface area contributed by atoms with Crippen LogP contribution < -0.4 is 9.44 Å². The number of benzene rings is 2. The second-order valence-corrected chi connectivity index (χ2v) is 12.3. The molecule has 2 unspecified atom stereocenters. The van der Waals surface area contributed by atoms with Crippen molar-refractivity contribution in [3.05, 3.63) is 57.6 Å². The third-order valence-corrected chi connectivity index (χ3v) is 9.34. The lowest BCUT2D eigenvalue weighted by molar-refractivity contribution is 0.560. The molecule has 2 N–H and O–H groups in total. The van der Waals surface area contributed by atoms with Gasteiger partial charge in [0.25, 0.3) is 0 Å². The van der Waals surface area contributed by atoms with Gasteiger partial charge in [-0.05, 0) is 82.1 Å². The molecule has 8 heteroatoms. The molecule has 1 saturated carbocycles. The molecule has 0 amide bonds. The van der Waals surface area contributed by atoms with Crippen molar-refractivity contribution in [3.63, 3.8) is 0 Å². The Balaban J connectivity index is 1.59. The van der Waals surface area contributed by atoms with Crippen LogP contribution in [0.25, 0.3) is 0 Å². The molecule has 0 aromatic heterocycles. The third kappa shape index (κ3) is 5.37. The molecule has 170 valence electrons. The van der Waals surface area contributed by atoms with Gasteiger partial charge in [-0.3, -0.25) is 0 Å². The van der Waals surface area contributed by atoms with Gasteiger partial charge in [-0.15, -0.1) is 0 Å². The maximum Gasteiger partial charge on any atom is 0.241 e. The molecule has 2 aromatic carbocycles. The molecule has 0 saturated heterocycles. The second kappa shape index (κ2) is 8.65. The summed E-state index contributed by atoms with van der Waals surface area (Å²) in [5.41, 5.74) is 4.98. The molecule has 0 bridgehead atoms. The van der Waals surface area contributed by atoms with Gasteiger partial charge in [0.1, 0.15) is 0 Å². The summed E-state index contributed by atoms with van der Waals surface area (Å²) < 4.78 is 56.7. The Morgan fingerprint density at radius 2 is 0.935 bits per heavy atom. The summed E-state index contributed by atoms with van der Waals surface area (Å²) in [5, 5.41) is 0. The molecule has 0 radical (unpaired) electrons. The molecule has 3 rings (SSSR count). The van der Waals surface area contributed by atoms with Gasteiger partial charge in [0.05, 0.1) is 9.79 Å². The topological polar surface area (TPSA) is 92.3 Å². The van der Waals surface area contributed by atoms with E-state index in [1.807, 2.05) is 38.1 Å². The predicted octanol–water partition coefficient (Wildman–Crippen LogP) is 3.43. The Kier molecular flexibility index (Phi) is 6.68. The molecule has 2 atom stereocenters. The molecular formula is C23H32N2O4S2. The van der Waals surface area contributed by atoms with Gasteiger partial charge in [0, 0.05) is 13.1 Å². The van der Waals surface area contributed by atoms with Crippen molar-refractivity contribution in [2.75, 3.05) is 13.1 Å². The molecular weight excluding hydrogens is 432 g/mol. The summed E-state index contributed by atoms with van der Waals surface area (Å²) in [6.07, 6.45) is 0.794. The number of sulfonamides is 2. The smallest absolute Gasteiger partial charge is 0.211 e. The average Bonchev–Trinajstić information content (AvgIpc) is 3.34. The van der Waals surface area contributed by atoms with Crippen LogP contribution in [0.1, 0.15) is 39.8 Å². The van der Waals surface area contributed by atoms with Crippen molar-refractivity contribution in [1.82, 2.24) is 9.44 Å². The minimum absolute atomic E-state index is 0.128. The maximum absolute atomic E-state index is 12.8. The van der Waals surface area contributed by atoms with Crippen LogP contribution in [0.15, 0.2) is 34.1 Å². The molecule has 6 nitrogen and oxygen atoms in total. The summed E-state index contributed by atoms with van der Waals surface area (Å²) >= 11 is 0. The number of hydrogen-bond donors (Lipinski definition) is 2. The van der Waals surface area contributed by atoms with Gasteiger partial charge in [0.15, 0.2) is 0 Å². The highest BCUT2D eigenvalue weighted by atomic mass is 32.2. The lowest BCUT2D eigenvalue weighted by Crippen LogP contribution is -2.30. The van der Waals surface area contributed by atoms with Crippen molar-refractivity contribution in [2.45, 2.75) is 57.8 Å². The Bertz CT molecular complexity index is 1080. The predicted molar refractivity (Wildman–Crippen MR) is 123 cm³/mol. The zero-order chi connectivity index (χ0) is 23.1. The van der Waals surface area contributed by atoms with Crippen LogP contribution in [0.5, 0.6) is 0 Å². The fraction of sp³-hybridized carbons (Fsp3) is 0.478. The van der Waals surface area contributed by atoms with Crippen LogP contribution in [-0.4, -0.2) is 29.9 Å². The van der Waals surface area contributed by atoms with Crippen molar-refractivity contribution < 1.29 is 16.8 Å². The number of rotatable bonds is 8. The fourth-order valence-electron chi connectivity index (χ4n) is 4.57. The molecule has 1 fully saturated rings. The van der Waals surface area contributed by atoms with E-state index < -0.39 is 20.0 Å². The van der Waals surface area contributed by atoms with E-state index in [2.05, 4.69) is 9.44 Å². The lowest BCUT2D eigenvalue weighted by Gasteiger charge is -2.14. The summed E-state index contributed by atoms with van der Waals surface area (Å²) in [6.45, 7) is 11.7. The molecule has 0 spiro atoms. The Hall–Kier alpha value is -1.74. The number of hydrogen-bond acceptors (Lipinski definition) is 4. The highest BCUT2D eigenvalue weighted by molar-refractivity contribution is 7.89. The fourth-order valence-corrected chi connectivity index (χ4v) is 7.66. The molecule has 1 aliphatic carbocycles. The minimum Gasteiger partial charge on any atom is -0.211 e. The van der Waals surface area contributed by atoms with Crippen LogP contribution in [-0.2, 0) is 20.0 Å². The van der Waals surface area contributed by atoms with E-state index in [0.29, 0.717) is 22.9 Å². The van der Waals surface area contributed by atoms with Crippen molar-refractivity contribution in [2.24, 2.45) is 11.8 Å². The highest BCUT2D eigenvalue weighted by Crippen LogP contribution is 2.38. The lowest BCUT2D eigenvalue weighted by atomic mass is 10.1. The first-order chi connectivity index (χ1) is 14.3. The van der Waals surface area contributed by atoms with Crippen LogP contribution in [0.2, 0.25) is 0 Å². The van der Waals surface area contributed by atoms with Gasteiger partial charge in [-0.25, -0.2) is 26.3 Å². The third-order valence-electron chi connectivity index (χ3n) is 5.89. The zero-order valence-electron chi connectivity index (χ0n) is 19.0. The van der Waals surface area contributed by atoms with Crippen LogP contribution in [0, 0.1) is 53.4 Å². The highest BCUT2D eigenvalue weighted by Gasteiger charge is 2.38. The zero-order valence-corrected chi connectivity index (χ0v) is 20.7. The van der Waals surface area contributed by atoms with Crippen molar-refractivity contribution in [1.29, 1.82) is 0 Å². The minimum atomic E-state index is -3.61. The summed E-state index contributed by atoms with van der Waals surface area (Å²) in [4.78, 5) is 0.669. The van der Waals surface area contributed by atoms with Crippen LogP contribution in [0.3, 0.4) is 0 Å². The Morgan fingerprint density at radius 1 is 0.645 bits per heavy atom. The maximum atomic E-state index is 12.8. The number of aryl methyl sites for hydroxylation is 6. The quantitative estimate of drug-likeness (QED) is 0.626. The van der Waals surface area contributed by atoms with E-state index >= 15 is 0 Å². The van der Waals surface area contributed by atoms with Gasteiger partial charge in [-0.2, -0.15) is 0 Å². The summed E-state index contributed by atoms with van der Waals surface area (Å²) in [6, 6.07) is 7.47. The normalized spacial score (nSPS) is 18.9. The van der Waals surface area contributed by atoms with E-state index in [-0.39, 0.29) is 11.8 Å². The number of nitrogens with one attached hydrogen (secondary N) is 2. The SMILES string of the molecule is Cc1cc(C)c(S(=O)(=O)NCC2CC2CNS(=O)(=O)c2c(C)cc(C)cc2C)c(C)c1. The van der Waals surface area contributed by atoms with E-state index in [1.54, 1.807) is 27.7 Å². The van der Waals surface area contributed by atoms with Gasteiger partial charge >= 0.3 is 0 Å². The van der Waals surface area contributed by atoms with Crippen LogP contribution >= 0.6 is 0 Å². The van der Waals surface area contributed by atoms with Crippen molar-refractivity contribution >= 4 is 20.0 Å². The first-order valence-corrected chi connectivity index (χ1v) is 13.4. The molecule has 1 aliphatic rings. The summed E-state index contributed by atoms with van der Waals surface area (Å²) in [5.74, 6) is 0.257. The van der Waals surface area contributed by atoms with Gasteiger partial charge in [-0.1, -0.05) is 35.4 Å². The first kappa shape index (κ1) is 23.9. The average molecular weight is 465 g/mol. The summed E-state index contributed by atoms with van der Waals surface area (Å²) in [7, 11) is -7.21. The Labute approximate surface area is 186 Å². The van der Waals surface area contributed by atoms with E-state index in [4.69, 9.17) is 0 Å². The second-order valence-electron chi connectivity index (χ2n) is 8.92. The monoisotopic (exact) mass is 464 g/mol. The van der Waals surface area contributed by atoms with Crippen LogP contribution in [0.4, 0.5) is 0 Å². The Morgan fingerprint density at radius 3 is 1.23 bits per heavy atom. The van der Waals surface area contributed by atoms with E-state index in [9.17, 15) is 16.8 Å². The molecule has 2 aromatic rings. The molecule has 0 heterocycles. The molecule has 0 aliphatic heterocycles. The largest absolute Gasteiger partial charge is 0.241 e. The van der Waals surface area contributed by atoms with Gasteiger partial charge in [0.2, 0.25) is 20.0 Å². The molecule has 31 heavy (non-hydrogen) atoms. The first-order valence-electron chi connectivity index (χ1n) is 10.5. The van der Waals surface area contributed by atoms with E-state index in [0.717, 1.165) is 39.8 Å².